The molecule has 4 rings (SSSR count). The van der Waals surface area contributed by atoms with Crippen molar-refractivity contribution in [2.45, 2.75) is 38.0 Å². The summed E-state index contributed by atoms with van der Waals surface area (Å²) < 4.78 is 42.4. The molecule has 0 saturated heterocycles. The third-order valence-electron chi connectivity index (χ3n) is 4.61. The Morgan fingerprint density at radius 1 is 1.33 bits per heavy atom. The van der Waals surface area contributed by atoms with Crippen molar-refractivity contribution in [2.24, 2.45) is 0 Å². The Labute approximate surface area is 183 Å². The van der Waals surface area contributed by atoms with Gasteiger partial charge in [-0.25, -0.2) is 0 Å². The fourth-order valence-electron chi connectivity index (χ4n) is 3.20. The van der Waals surface area contributed by atoms with Crippen LogP contribution in [0, 0.1) is 0 Å². The van der Waals surface area contributed by atoms with E-state index in [0.29, 0.717) is 22.9 Å². The highest BCUT2D eigenvalue weighted by atomic mass is 79.9. The van der Waals surface area contributed by atoms with Gasteiger partial charge in [-0.2, -0.15) is 23.4 Å². The number of alkyl halides is 3. The fourth-order valence-corrected chi connectivity index (χ4v) is 4.19. The van der Waals surface area contributed by atoms with Crippen LogP contribution >= 0.6 is 27.5 Å². The molecule has 0 spiro atoms. The van der Waals surface area contributed by atoms with Crippen molar-refractivity contribution in [3.8, 4) is 0 Å². The summed E-state index contributed by atoms with van der Waals surface area (Å²) in [6.45, 7) is 0.156. The second kappa shape index (κ2) is 8.07. The Kier molecular flexibility index (Phi) is 5.63. The third kappa shape index (κ3) is 4.70. The SMILES string of the molecule is O=C(Cn1nc(C(F)(F)F)c(Br)c1C1CC1)Nc1cccc(Cn2cc(Cl)cn2)c1. The van der Waals surface area contributed by atoms with E-state index in [-0.39, 0.29) is 16.9 Å². The molecule has 1 N–H and O–H groups in total. The van der Waals surface area contributed by atoms with Gasteiger partial charge in [0.25, 0.3) is 0 Å². The van der Waals surface area contributed by atoms with E-state index in [1.54, 1.807) is 29.1 Å². The minimum atomic E-state index is -4.59. The van der Waals surface area contributed by atoms with Crippen molar-refractivity contribution in [2.75, 3.05) is 5.32 Å². The van der Waals surface area contributed by atoms with Crippen LogP contribution in [0.25, 0.3) is 0 Å². The number of anilines is 1. The Balaban J connectivity index is 1.48. The molecule has 0 aliphatic heterocycles. The lowest BCUT2D eigenvalue weighted by atomic mass is 10.2. The van der Waals surface area contributed by atoms with E-state index in [1.807, 2.05) is 6.07 Å². The van der Waals surface area contributed by atoms with E-state index < -0.39 is 17.8 Å². The first-order valence-electron chi connectivity index (χ1n) is 9.11. The number of aromatic nitrogens is 4. The first-order valence-corrected chi connectivity index (χ1v) is 10.3. The first-order chi connectivity index (χ1) is 14.2. The second-order valence-corrected chi connectivity index (χ2v) is 8.31. The number of amides is 1. The van der Waals surface area contributed by atoms with E-state index in [0.717, 1.165) is 23.1 Å². The zero-order valence-corrected chi connectivity index (χ0v) is 17.8. The van der Waals surface area contributed by atoms with E-state index in [4.69, 9.17) is 11.6 Å². The number of hydrogen-bond donors (Lipinski definition) is 1. The lowest BCUT2D eigenvalue weighted by molar-refractivity contribution is -0.142. The summed E-state index contributed by atoms with van der Waals surface area (Å²) in [7, 11) is 0. The van der Waals surface area contributed by atoms with Gasteiger partial charge in [-0.1, -0.05) is 23.7 Å². The lowest BCUT2D eigenvalue weighted by Crippen LogP contribution is -2.21. The zero-order valence-electron chi connectivity index (χ0n) is 15.5. The van der Waals surface area contributed by atoms with Gasteiger partial charge in [0.15, 0.2) is 5.69 Å². The van der Waals surface area contributed by atoms with Crippen LogP contribution in [0.5, 0.6) is 0 Å². The van der Waals surface area contributed by atoms with E-state index in [9.17, 15) is 18.0 Å². The highest BCUT2D eigenvalue weighted by molar-refractivity contribution is 9.10. The third-order valence-corrected chi connectivity index (χ3v) is 5.59. The first kappa shape index (κ1) is 20.9. The van der Waals surface area contributed by atoms with Crippen LogP contribution in [0.2, 0.25) is 5.02 Å². The minimum Gasteiger partial charge on any atom is -0.324 e. The Morgan fingerprint density at radius 3 is 2.73 bits per heavy atom. The van der Waals surface area contributed by atoms with Gasteiger partial charge in [0.1, 0.15) is 6.54 Å². The van der Waals surface area contributed by atoms with Gasteiger partial charge >= 0.3 is 6.18 Å². The standard InChI is InChI=1S/C19H16BrClF3N5O/c20-16-17(12-4-5-12)29(27-18(16)19(22,23)24)10-15(30)26-14-3-1-2-11(6-14)8-28-9-13(21)7-25-28/h1-3,6-7,9,12H,4-5,8,10H2,(H,26,30). The highest BCUT2D eigenvalue weighted by Gasteiger charge is 2.41. The number of nitrogens with zero attached hydrogens (tertiary/aromatic N) is 4. The van der Waals surface area contributed by atoms with Crippen molar-refractivity contribution in [3.63, 3.8) is 0 Å². The van der Waals surface area contributed by atoms with Crippen LogP contribution < -0.4 is 5.32 Å². The molecule has 1 aliphatic carbocycles. The molecule has 1 amide bonds. The number of halogens is 5. The molecule has 2 heterocycles. The van der Waals surface area contributed by atoms with Gasteiger partial charge < -0.3 is 5.32 Å². The van der Waals surface area contributed by atoms with E-state index >= 15 is 0 Å². The zero-order chi connectivity index (χ0) is 21.5. The molecule has 1 fully saturated rings. The normalized spacial score (nSPS) is 14.2. The molecule has 0 radical (unpaired) electrons. The van der Waals surface area contributed by atoms with Crippen LogP contribution in [0.4, 0.5) is 18.9 Å². The molecular weight excluding hydrogens is 487 g/mol. The molecule has 0 unspecified atom stereocenters. The molecule has 158 valence electrons. The number of hydrogen-bond acceptors (Lipinski definition) is 3. The van der Waals surface area contributed by atoms with E-state index in [2.05, 4.69) is 31.4 Å². The maximum atomic E-state index is 13.2. The molecule has 1 aliphatic rings. The predicted molar refractivity (Wildman–Crippen MR) is 108 cm³/mol. The van der Waals surface area contributed by atoms with Gasteiger partial charge in [0, 0.05) is 17.8 Å². The topological polar surface area (TPSA) is 64.7 Å². The summed E-state index contributed by atoms with van der Waals surface area (Å²) in [5, 5.41) is 11.0. The maximum Gasteiger partial charge on any atom is 0.436 e. The molecule has 11 heteroatoms. The predicted octanol–water partition coefficient (Wildman–Crippen LogP) is 5.08. The monoisotopic (exact) mass is 501 g/mol. The Bertz CT molecular complexity index is 1090. The van der Waals surface area contributed by atoms with Crippen LogP contribution in [0.1, 0.15) is 35.7 Å². The van der Waals surface area contributed by atoms with Crippen molar-refractivity contribution in [3.05, 3.63) is 63.1 Å². The average Bonchev–Trinajstić information content (AvgIpc) is 3.31. The van der Waals surface area contributed by atoms with Gasteiger partial charge in [0.2, 0.25) is 5.91 Å². The molecule has 3 aromatic rings. The van der Waals surface area contributed by atoms with Crippen LogP contribution in [-0.2, 0) is 24.1 Å². The number of nitrogens with one attached hydrogen (secondary N) is 1. The summed E-state index contributed by atoms with van der Waals surface area (Å²) in [4.78, 5) is 12.5. The van der Waals surface area contributed by atoms with Gasteiger partial charge in [0.05, 0.1) is 27.9 Å². The lowest BCUT2D eigenvalue weighted by Gasteiger charge is -2.10. The molecule has 0 bridgehead atoms. The summed E-state index contributed by atoms with van der Waals surface area (Å²) in [6, 6.07) is 7.13. The summed E-state index contributed by atoms with van der Waals surface area (Å²) in [5.74, 6) is -0.472. The van der Waals surface area contributed by atoms with Gasteiger partial charge in [-0.3, -0.25) is 14.2 Å². The van der Waals surface area contributed by atoms with Crippen LogP contribution in [0.15, 0.2) is 41.1 Å². The number of carbonyl (C=O) groups excluding carboxylic acids is 1. The van der Waals surface area contributed by atoms with Gasteiger partial charge in [-0.15, -0.1) is 0 Å². The van der Waals surface area contributed by atoms with Crippen LogP contribution in [0.3, 0.4) is 0 Å². The van der Waals surface area contributed by atoms with Crippen molar-refractivity contribution in [1.29, 1.82) is 0 Å². The van der Waals surface area contributed by atoms with Crippen molar-refractivity contribution < 1.29 is 18.0 Å². The number of carbonyl (C=O) groups is 1. The highest BCUT2D eigenvalue weighted by Crippen LogP contribution is 2.46. The molecule has 6 nitrogen and oxygen atoms in total. The quantitative estimate of drug-likeness (QED) is 0.511. The largest absolute Gasteiger partial charge is 0.436 e. The number of benzene rings is 1. The Morgan fingerprint density at radius 2 is 2.10 bits per heavy atom. The second-order valence-electron chi connectivity index (χ2n) is 7.08. The molecule has 30 heavy (non-hydrogen) atoms. The van der Waals surface area contributed by atoms with Gasteiger partial charge in [-0.05, 0) is 46.5 Å². The molecule has 1 saturated carbocycles. The molecule has 1 aromatic carbocycles. The fraction of sp³-hybridized carbons (Fsp3) is 0.316. The van der Waals surface area contributed by atoms with Crippen molar-refractivity contribution in [1.82, 2.24) is 19.6 Å². The summed E-state index contributed by atoms with van der Waals surface area (Å²) in [5.41, 5.74) is 0.831. The summed E-state index contributed by atoms with van der Waals surface area (Å²) >= 11 is 8.89. The molecule has 2 aromatic heterocycles. The molecule has 0 atom stereocenters. The van der Waals surface area contributed by atoms with Crippen molar-refractivity contribution >= 4 is 39.1 Å². The average molecular weight is 503 g/mol. The maximum absolute atomic E-state index is 13.2. The summed E-state index contributed by atoms with van der Waals surface area (Å²) in [6.07, 6.45) is 0.182. The van der Waals surface area contributed by atoms with Crippen LogP contribution in [-0.4, -0.2) is 25.5 Å². The smallest absolute Gasteiger partial charge is 0.324 e. The van der Waals surface area contributed by atoms with E-state index in [1.165, 1.54) is 6.20 Å². The number of rotatable bonds is 6. The molecular formula is C19H16BrClF3N5O. The Hall–Kier alpha value is -2.33. The minimum absolute atomic E-state index is 0.0139.